The molecule has 0 spiro atoms. The second-order valence-electron chi connectivity index (χ2n) is 5.32. The molecule has 2 rings (SSSR count). The molecule has 1 amide bonds. The Morgan fingerprint density at radius 2 is 2.21 bits per heavy atom. The average Bonchev–Trinajstić information content (AvgIpc) is 2.41. The highest BCUT2D eigenvalue weighted by Crippen LogP contribution is 2.13. The summed E-state index contributed by atoms with van der Waals surface area (Å²) in [6.07, 6.45) is 2.39. The Morgan fingerprint density at radius 3 is 2.89 bits per heavy atom. The van der Waals surface area contributed by atoms with Crippen molar-refractivity contribution in [2.45, 2.75) is 32.2 Å². The highest BCUT2D eigenvalue weighted by Gasteiger charge is 2.18. The van der Waals surface area contributed by atoms with Crippen LogP contribution in [-0.4, -0.2) is 25.0 Å². The van der Waals surface area contributed by atoms with E-state index in [2.05, 4.69) is 17.6 Å². The van der Waals surface area contributed by atoms with E-state index in [-0.39, 0.29) is 18.1 Å². The van der Waals surface area contributed by atoms with Crippen LogP contribution in [0.5, 0.6) is 0 Å². The predicted octanol–water partition coefficient (Wildman–Crippen LogP) is 1.87. The molecule has 1 aliphatic heterocycles. The minimum absolute atomic E-state index is 0.108. The fourth-order valence-corrected chi connectivity index (χ4v) is 2.37. The first-order chi connectivity index (χ1) is 9.15. The summed E-state index contributed by atoms with van der Waals surface area (Å²) in [6.45, 7) is 3.79. The largest absolute Gasteiger partial charge is 0.355 e. The molecule has 104 valence electrons. The maximum atomic E-state index is 13.4. The zero-order valence-corrected chi connectivity index (χ0v) is 11.3. The van der Waals surface area contributed by atoms with Crippen molar-refractivity contribution in [3.63, 3.8) is 0 Å². The minimum Gasteiger partial charge on any atom is -0.355 e. The van der Waals surface area contributed by atoms with Crippen molar-refractivity contribution in [3.8, 4) is 0 Å². The van der Waals surface area contributed by atoms with Gasteiger partial charge in [0.15, 0.2) is 0 Å². The quantitative estimate of drug-likeness (QED) is 0.871. The van der Waals surface area contributed by atoms with Gasteiger partial charge in [-0.15, -0.1) is 0 Å². The van der Waals surface area contributed by atoms with Gasteiger partial charge in [-0.2, -0.15) is 0 Å². The Balaban J connectivity index is 1.74. The zero-order valence-electron chi connectivity index (χ0n) is 11.3. The lowest BCUT2D eigenvalue weighted by molar-refractivity contribution is -0.120. The molecule has 1 fully saturated rings. The van der Waals surface area contributed by atoms with Gasteiger partial charge in [0.25, 0.3) is 0 Å². The third kappa shape index (κ3) is 4.31. The highest BCUT2D eigenvalue weighted by atomic mass is 19.1. The van der Waals surface area contributed by atoms with Crippen molar-refractivity contribution < 1.29 is 9.18 Å². The van der Waals surface area contributed by atoms with E-state index in [9.17, 15) is 9.18 Å². The standard InChI is InChI=1S/C15H21FN2O/c1-11-6-7-12(9-17-11)10-18-15(19)8-13-4-2-3-5-14(13)16/h2-5,11-12,17H,6-10H2,1H3,(H,18,19). The summed E-state index contributed by atoms with van der Waals surface area (Å²) < 4.78 is 13.4. The number of hydrogen-bond acceptors (Lipinski definition) is 2. The van der Waals surface area contributed by atoms with E-state index in [0.717, 1.165) is 19.4 Å². The number of nitrogens with one attached hydrogen (secondary N) is 2. The summed E-state index contributed by atoms with van der Waals surface area (Å²) >= 11 is 0. The lowest BCUT2D eigenvalue weighted by atomic mass is 9.95. The molecule has 2 atom stereocenters. The average molecular weight is 264 g/mol. The van der Waals surface area contributed by atoms with Crippen molar-refractivity contribution in [3.05, 3.63) is 35.6 Å². The van der Waals surface area contributed by atoms with Crippen molar-refractivity contribution in [1.82, 2.24) is 10.6 Å². The third-order valence-corrected chi connectivity index (χ3v) is 3.66. The summed E-state index contributed by atoms with van der Waals surface area (Å²) in [4.78, 5) is 11.8. The van der Waals surface area contributed by atoms with Gasteiger partial charge in [0.2, 0.25) is 5.91 Å². The van der Waals surface area contributed by atoms with E-state index in [0.29, 0.717) is 24.1 Å². The molecule has 2 N–H and O–H groups in total. The second-order valence-corrected chi connectivity index (χ2v) is 5.32. The van der Waals surface area contributed by atoms with Crippen LogP contribution >= 0.6 is 0 Å². The second kappa shape index (κ2) is 6.66. The number of carbonyl (C=O) groups excluding carboxylic acids is 1. The van der Waals surface area contributed by atoms with E-state index in [1.54, 1.807) is 18.2 Å². The molecule has 0 bridgehead atoms. The molecule has 1 heterocycles. The number of carbonyl (C=O) groups is 1. The molecule has 0 aliphatic carbocycles. The molecule has 1 aromatic rings. The van der Waals surface area contributed by atoms with Gasteiger partial charge in [0.05, 0.1) is 6.42 Å². The summed E-state index contributed by atoms with van der Waals surface area (Å²) in [7, 11) is 0. The summed E-state index contributed by atoms with van der Waals surface area (Å²) in [5, 5.41) is 6.30. The smallest absolute Gasteiger partial charge is 0.224 e. The molecule has 0 saturated carbocycles. The predicted molar refractivity (Wildman–Crippen MR) is 73.3 cm³/mol. The number of rotatable bonds is 4. The van der Waals surface area contributed by atoms with Crippen LogP contribution in [0.4, 0.5) is 4.39 Å². The van der Waals surface area contributed by atoms with Crippen LogP contribution in [0, 0.1) is 11.7 Å². The van der Waals surface area contributed by atoms with Crippen LogP contribution < -0.4 is 10.6 Å². The zero-order chi connectivity index (χ0) is 13.7. The van der Waals surface area contributed by atoms with Gasteiger partial charge in [-0.05, 0) is 43.9 Å². The molecule has 0 aromatic heterocycles. The number of halogens is 1. The molecule has 0 radical (unpaired) electrons. The van der Waals surface area contributed by atoms with Crippen molar-refractivity contribution >= 4 is 5.91 Å². The van der Waals surface area contributed by atoms with Crippen LogP contribution in [0.3, 0.4) is 0 Å². The molecular weight excluding hydrogens is 243 g/mol. The Kier molecular flexibility index (Phi) is 4.91. The van der Waals surface area contributed by atoms with Gasteiger partial charge in [-0.25, -0.2) is 4.39 Å². The number of benzene rings is 1. The first kappa shape index (κ1) is 14.0. The molecule has 1 saturated heterocycles. The van der Waals surface area contributed by atoms with Gasteiger partial charge in [-0.1, -0.05) is 18.2 Å². The summed E-state index contributed by atoms with van der Waals surface area (Å²) in [5.41, 5.74) is 0.454. The Bertz CT molecular complexity index is 428. The van der Waals surface area contributed by atoms with Gasteiger partial charge in [-0.3, -0.25) is 4.79 Å². The maximum Gasteiger partial charge on any atom is 0.224 e. The monoisotopic (exact) mass is 264 g/mol. The Hall–Kier alpha value is -1.42. The lowest BCUT2D eigenvalue weighted by Crippen LogP contribution is -2.42. The summed E-state index contributed by atoms with van der Waals surface area (Å²) in [5.74, 6) is 0.0651. The summed E-state index contributed by atoms with van der Waals surface area (Å²) in [6, 6.07) is 6.99. The Labute approximate surface area is 113 Å². The molecular formula is C15H21FN2O. The fraction of sp³-hybridized carbons (Fsp3) is 0.533. The van der Waals surface area contributed by atoms with E-state index < -0.39 is 0 Å². The van der Waals surface area contributed by atoms with Crippen LogP contribution in [-0.2, 0) is 11.2 Å². The highest BCUT2D eigenvalue weighted by molar-refractivity contribution is 5.78. The minimum atomic E-state index is -0.314. The van der Waals surface area contributed by atoms with Gasteiger partial charge < -0.3 is 10.6 Å². The normalized spacial score (nSPS) is 23.1. The van der Waals surface area contributed by atoms with Gasteiger partial charge in [0.1, 0.15) is 5.82 Å². The first-order valence-electron chi connectivity index (χ1n) is 6.88. The third-order valence-electron chi connectivity index (χ3n) is 3.66. The van der Waals surface area contributed by atoms with E-state index in [1.807, 2.05) is 0 Å². The van der Waals surface area contributed by atoms with E-state index >= 15 is 0 Å². The molecule has 2 unspecified atom stereocenters. The first-order valence-corrected chi connectivity index (χ1v) is 6.88. The van der Waals surface area contributed by atoms with E-state index in [4.69, 9.17) is 0 Å². The Morgan fingerprint density at radius 1 is 1.42 bits per heavy atom. The van der Waals surface area contributed by atoms with Crippen LogP contribution in [0.15, 0.2) is 24.3 Å². The van der Waals surface area contributed by atoms with Crippen molar-refractivity contribution in [2.75, 3.05) is 13.1 Å². The van der Waals surface area contributed by atoms with Crippen molar-refractivity contribution in [1.29, 1.82) is 0 Å². The number of hydrogen-bond donors (Lipinski definition) is 2. The van der Waals surface area contributed by atoms with Crippen molar-refractivity contribution in [2.24, 2.45) is 5.92 Å². The maximum absolute atomic E-state index is 13.4. The molecule has 19 heavy (non-hydrogen) atoms. The van der Waals surface area contributed by atoms with Gasteiger partial charge >= 0.3 is 0 Å². The molecule has 1 aliphatic rings. The van der Waals surface area contributed by atoms with E-state index in [1.165, 1.54) is 6.07 Å². The van der Waals surface area contributed by atoms with Gasteiger partial charge in [0, 0.05) is 12.6 Å². The van der Waals surface area contributed by atoms with Crippen LogP contribution in [0.2, 0.25) is 0 Å². The topological polar surface area (TPSA) is 41.1 Å². The lowest BCUT2D eigenvalue weighted by Gasteiger charge is -2.27. The SMILES string of the molecule is CC1CCC(CNC(=O)Cc2ccccc2F)CN1. The fourth-order valence-electron chi connectivity index (χ4n) is 2.37. The van der Waals surface area contributed by atoms with Crippen LogP contribution in [0.25, 0.3) is 0 Å². The molecule has 3 nitrogen and oxygen atoms in total. The molecule has 4 heteroatoms. The van der Waals surface area contributed by atoms with Crippen LogP contribution in [0.1, 0.15) is 25.3 Å². The number of piperidine rings is 1. The number of amides is 1. The molecule has 1 aromatic carbocycles.